The highest BCUT2D eigenvalue weighted by Crippen LogP contribution is 2.26. The summed E-state index contributed by atoms with van der Waals surface area (Å²) in [5.41, 5.74) is 1.27. The van der Waals surface area contributed by atoms with E-state index in [4.69, 9.17) is 4.42 Å². The first-order valence-corrected chi connectivity index (χ1v) is 7.02. The normalized spacial score (nSPS) is 24.5. The van der Waals surface area contributed by atoms with Gasteiger partial charge in [0.25, 0.3) is 0 Å². The Labute approximate surface area is 102 Å². The number of likely N-dealkylation sites (N-methyl/N-ethyl adjacent to an activating group) is 2. The van der Waals surface area contributed by atoms with E-state index >= 15 is 0 Å². The molecule has 2 atom stereocenters. The maximum Gasteiger partial charge on any atom is 0.0950 e. The van der Waals surface area contributed by atoms with Gasteiger partial charge >= 0.3 is 0 Å². The van der Waals surface area contributed by atoms with Crippen LogP contribution in [0.3, 0.4) is 0 Å². The van der Waals surface area contributed by atoms with Gasteiger partial charge in [-0.2, -0.15) is 11.8 Å². The smallest absolute Gasteiger partial charge is 0.0950 e. The van der Waals surface area contributed by atoms with Gasteiger partial charge in [-0.25, -0.2) is 0 Å². The zero-order chi connectivity index (χ0) is 11.4. The van der Waals surface area contributed by atoms with Crippen molar-refractivity contribution in [3.63, 3.8) is 0 Å². The van der Waals surface area contributed by atoms with Gasteiger partial charge in [-0.15, -0.1) is 0 Å². The average molecular weight is 240 g/mol. The first-order chi connectivity index (χ1) is 7.83. The second-order valence-corrected chi connectivity index (χ2v) is 5.36. The molecule has 90 valence electrons. The van der Waals surface area contributed by atoms with Crippen LogP contribution in [0.5, 0.6) is 0 Å². The Hall–Kier alpha value is -0.450. The molecule has 0 saturated carbocycles. The van der Waals surface area contributed by atoms with Crippen LogP contribution in [0.1, 0.15) is 18.5 Å². The lowest BCUT2D eigenvalue weighted by Gasteiger charge is -2.37. The second kappa shape index (κ2) is 5.75. The number of nitrogens with one attached hydrogen (secondary N) is 1. The molecule has 2 heterocycles. The molecule has 1 aromatic heterocycles. The van der Waals surface area contributed by atoms with E-state index in [2.05, 4.69) is 30.3 Å². The van der Waals surface area contributed by atoms with Crippen molar-refractivity contribution in [2.45, 2.75) is 19.0 Å². The van der Waals surface area contributed by atoms with Crippen molar-refractivity contribution in [3.05, 3.63) is 24.2 Å². The Balaban J connectivity index is 2.11. The minimum absolute atomic E-state index is 0.390. The van der Waals surface area contributed by atoms with E-state index in [-0.39, 0.29) is 0 Å². The maximum atomic E-state index is 5.20. The van der Waals surface area contributed by atoms with Gasteiger partial charge < -0.3 is 9.73 Å². The monoisotopic (exact) mass is 240 g/mol. The van der Waals surface area contributed by atoms with Crippen molar-refractivity contribution in [1.29, 1.82) is 0 Å². The molecule has 4 heteroatoms. The molecule has 0 bridgehead atoms. The average Bonchev–Trinajstić information content (AvgIpc) is 2.80. The predicted molar refractivity (Wildman–Crippen MR) is 68.9 cm³/mol. The van der Waals surface area contributed by atoms with Crippen LogP contribution in [0.25, 0.3) is 0 Å². The third-order valence-corrected chi connectivity index (χ3v) is 4.20. The molecule has 1 aliphatic rings. The summed E-state index contributed by atoms with van der Waals surface area (Å²) in [6.45, 7) is 4.32. The second-order valence-electron chi connectivity index (χ2n) is 4.21. The van der Waals surface area contributed by atoms with Crippen molar-refractivity contribution < 1.29 is 4.42 Å². The van der Waals surface area contributed by atoms with Crippen LogP contribution >= 0.6 is 11.8 Å². The Morgan fingerprint density at radius 1 is 1.69 bits per heavy atom. The molecular weight excluding hydrogens is 220 g/mol. The summed E-state index contributed by atoms with van der Waals surface area (Å²) in [6.07, 6.45) is 3.62. The largest absolute Gasteiger partial charge is 0.472 e. The van der Waals surface area contributed by atoms with Gasteiger partial charge in [0.2, 0.25) is 0 Å². The fraction of sp³-hybridized carbons (Fsp3) is 0.667. The molecule has 3 nitrogen and oxygen atoms in total. The summed E-state index contributed by atoms with van der Waals surface area (Å²) in [4.78, 5) is 2.46. The highest BCUT2D eigenvalue weighted by molar-refractivity contribution is 7.99. The number of rotatable bonds is 4. The molecule has 0 amide bonds. The van der Waals surface area contributed by atoms with Gasteiger partial charge in [0.05, 0.1) is 18.6 Å². The van der Waals surface area contributed by atoms with E-state index in [9.17, 15) is 0 Å². The van der Waals surface area contributed by atoms with Crippen LogP contribution in [0.2, 0.25) is 0 Å². The Bertz CT molecular complexity index is 302. The van der Waals surface area contributed by atoms with Crippen molar-refractivity contribution in [2.75, 3.05) is 31.6 Å². The summed E-state index contributed by atoms with van der Waals surface area (Å²) in [7, 11) is 2.22. The molecule has 2 rings (SSSR count). The van der Waals surface area contributed by atoms with Crippen LogP contribution < -0.4 is 5.32 Å². The summed E-state index contributed by atoms with van der Waals surface area (Å²) in [5, 5.41) is 3.57. The first-order valence-electron chi connectivity index (χ1n) is 5.86. The maximum absolute atomic E-state index is 5.20. The highest BCUT2D eigenvalue weighted by Gasteiger charge is 2.29. The van der Waals surface area contributed by atoms with Crippen LogP contribution in [-0.2, 0) is 0 Å². The van der Waals surface area contributed by atoms with Crippen molar-refractivity contribution in [3.8, 4) is 0 Å². The van der Waals surface area contributed by atoms with Gasteiger partial charge in [0, 0.05) is 29.7 Å². The Kier molecular flexibility index (Phi) is 4.32. The summed E-state index contributed by atoms with van der Waals surface area (Å²) in [6, 6.07) is 3.03. The molecule has 0 radical (unpaired) electrons. The molecule has 0 spiro atoms. The molecule has 2 unspecified atom stereocenters. The Morgan fingerprint density at radius 3 is 3.19 bits per heavy atom. The summed E-state index contributed by atoms with van der Waals surface area (Å²) >= 11 is 2.05. The van der Waals surface area contributed by atoms with Gasteiger partial charge in [0.15, 0.2) is 0 Å². The molecule has 0 aromatic carbocycles. The number of hydrogen-bond acceptors (Lipinski definition) is 4. The molecule has 1 fully saturated rings. The third-order valence-electron chi connectivity index (χ3n) is 3.15. The zero-order valence-electron chi connectivity index (χ0n) is 9.98. The van der Waals surface area contributed by atoms with Crippen LogP contribution in [0, 0.1) is 0 Å². The van der Waals surface area contributed by atoms with Crippen molar-refractivity contribution >= 4 is 11.8 Å². The van der Waals surface area contributed by atoms with Crippen molar-refractivity contribution in [1.82, 2.24) is 10.2 Å². The van der Waals surface area contributed by atoms with E-state index in [0.29, 0.717) is 12.1 Å². The molecule has 1 aliphatic heterocycles. The zero-order valence-corrected chi connectivity index (χ0v) is 10.8. The summed E-state index contributed by atoms with van der Waals surface area (Å²) in [5.74, 6) is 2.44. The number of thioether (sulfide) groups is 1. The molecular formula is C12H20N2OS. The quantitative estimate of drug-likeness (QED) is 0.871. The lowest BCUT2D eigenvalue weighted by molar-refractivity contribution is 0.216. The highest BCUT2D eigenvalue weighted by atomic mass is 32.2. The molecule has 16 heavy (non-hydrogen) atoms. The van der Waals surface area contributed by atoms with Gasteiger partial charge in [-0.3, -0.25) is 4.90 Å². The third kappa shape index (κ3) is 2.62. The fourth-order valence-corrected chi connectivity index (χ4v) is 3.48. The van der Waals surface area contributed by atoms with Crippen LogP contribution in [-0.4, -0.2) is 42.6 Å². The number of furan rings is 1. The SMILES string of the molecule is CCNC(c1ccoc1)C1CSCCN1C. The van der Waals surface area contributed by atoms with E-state index < -0.39 is 0 Å². The standard InChI is InChI=1S/C12H20N2OS/c1-3-13-12(10-4-6-15-8-10)11-9-16-7-5-14(11)2/h4,6,8,11-13H,3,5,7,9H2,1-2H3. The Morgan fingerprint density at radius 2 is 2.56 bits per heavy atom. The van der Waals surface area contributed by atoms with Gasteiger partial charge in [0.1, 0.15) is 0 Å². The van der Waals surface area contributed by atoms with E-state index in [1.54, 1.807) is 6.26 Å². The van der Waals surface area contributed by atoms with Crippen LogP contribution in [0.4, 0.5) is 0 Å². The minimum Gasteiger partial charge on any atom is -0.472 e. The predicted octanol–water partition coefficient (Wildman–Crippen LogP) is 1.98. The van der Waals surface area contributed by atoms with Crippen LogP contribution in [0.15, 0.2) is 23.0 Å². The topological polar surface area (TPSA) is 28.4 Å². The van der Waals surface area contributed by atoms with Gasteiger partial charge in [-0.1, -0.05) is 6.92 Å². The molecule has 0 aliphatic carbocycles. The molecule has 1 aromatic rings. The lowest BCUT2D eigenvalue weighted by atomic mass is 10.0. The molecule has 1 N–H and O–H groups in total. The van der Waals surface area contributed by atoms with Gasteiger partial charge in [-0.05, 0) is 19.7 Å². The fourth-order valence-electron chi connectivity index (χ4n) is 2.20. The lowest BCUT2D eigenvalue weighted by Crippen LogP contribution is -2.47. The minimum atomic E-state index is 0.390. The summed E-state index contributed by atoms with van der Waals surface area (Å²) < 4.78 is 5.20. The van der Waals surface area contributed by atoms with E-state index in [1.165, 1.54) is 23.6 Å². The number of nitrogens with zero attached hydrogens (tertiary/aromatic N) is 1. The molecule has 1 saturated heterocycles. The number of hydrogen-bond donors (Lipinski definition) is 1. The van der Waals surface area contributed by atoms with Crippen molar-refractivity contribution in [2.24, 2.45) is 0 Å². The first kappa shape index (κ1) is 12.0. The van der Waals surface area contributed by atoms with E-state index in [0.717, 1.165) is 6.54 Å². The van der Waals surface area contributed by atoms with E-state index in [1.807, 2.05) is 18.0 Å².